The van der Waals surface area contributed by atoms with Crippen LogP contribution >= 0.6 is 0 Å². The average molecular weight is 285 g/mol. The van der Waals surface area contributed by atoms with Crippen LogP contribution in [0.1, 0.15) is 26.4 Å². The third-order valence-corrected chi connectivity index (χ3v) is 2.81. The number of carboxylic acid groups (broad SMARTS) is 1. The van der Waals surface area contributed by atoms with E-state index in [4.69, 9.17) is 5.11 Å². The Kier molecular flexibility index (Phi) is 4.63. The first-order chi connectivity index (χ1) is 10.1. The van der Waals surface area contributed by atoms with Gasteiger partial charge in [-0.25, -0.2) is 9.78 Å². The first kappa shape index (κ1) is 14.7. The predicted molar refractivity (Wildman–Crippen MR) is 78.4 cm³/mol. The van der Waals surface area contributed by atoms with Gasteiger partial charge in [0.15, 0.2) is 0 Å². The van der Waals surface area contributed by atoms with E-state index in [1.807, 2.05) is 25.2 Å². The Morgan fingerprint density at radius 3 is 2.76 bits per heavy atom. The SMILES string of the molecule is CNCc1cccc(NC(=O)c2ccnc(C(=O)O)c2)c1. The van der Waals surface area contributed by atoms with Gasteiger partial charge in [-0.15, -0.1) is 0 Å². The number of pyridine rings is 1. The Balaban J connectivity index is 2.16. The van der Waals surface area contributed by atoms with Gasteiger partial charge in [0.1, 0.15) is 5.69 Å². The molecule has 1 aromatic carbocycles. The van der Waals surface area contributed by atoms with Crippen LogP contribution in [0.4, 0.5) is 5.69 Å². The molecule has 1 aromatic heterocycles. The summed E-state index contributed by atoms with van der Waals surface area (Å²) < 4.78 is 0. The number of rotatable bonds is 5. The van der Waals surface area contributed by atoms with E-state index in [0.717, 1.165) is 5.56 Å². The number of hydrogen-bond acceptors (Lipinski definition) is 4. The minimum absolute atomic E-state index is 0.161. The minimum atomic E-state index is -1.17. The summed E-state index contributed by atoms with van der Waals surface area (Å²) >= 11 is 0. The van der Waals surface area contributed by atoms with Crippen molar-refractivity contribution in [1.29, 1.82) is 0 Å². The molecule has 2 rings (SSSR count). The number of nitrogens with one attached hydrogen (secondary N) is 2. The molecule has 0 radical (unpaired) electrons. The van der Waals surface area contributed by atoms with Crippen molar-refractivity contribution < 1.29 is 14.7 Å². The Morgan fingerprint density at radius 1 is 1.24 bits per heavy atom. The molecule has 0 spiro atoms. The van der Waals surface area contributed by atoms with Crippen LogP contribution in [0.15, 0.2) is 42.6 Å². The molecule has 2 aromatic rings. The molecule has 0 fully saturated rings. The molecule has 1 heterocycles. The molecule has 1 amide bonds. The largest absolute Gasteiger partial charge is 0.477 e. The third kappa shape index (κ3) is 3.87. The molecule has 108 valence electrons. The fraction of sp³-hybridized carbons (Fsp3) is 0.133. The van der Waals surface area contributed by atoms with E-state index < -0.39 is 5.97 Å². The zero-order chi connectivity index (χ0) is 15.2. The second kappa shape index (κ2) is 6.62. The summed E-state index contributed by atoms with van der Waals surface area (Å²) in [6.07, 6.45) is 1.30. The van der Waals surface area contributed by atoms with Gasteiger partial charge >= 0.3 is 5.97 Å². The normalized spacial score (nSPS) is 10.1. The standard InChI is InChI=1S/C15H15N3O3/c1-16-9-10-3-2-4-12(7-10)18-14(19)11-5-6-17-13(8-11)15(20)21/h2-8,16H,9H2,1H3,(H,18,19)(H,20,21). The van der Waals surface area contributed by atoms with E-state index in [-0.39, 0.29) is 17.2 Å². The van der Waals surface area contributed by atoms with Crippen LogP contribution in [-0.2, 0) is 6.54 Å². The number of nitrogens with zero attached hydrogens (tertiary/aromatic N) is 1. The lowest BCUT2D eigenvalue weighted by Crippen LogP contribution is -2.14. The quantitative estimate of drug-likeness (QED) is 0.778. The van der Waals surface area contributed by atoms with E-state index in [2.05, 4.69) is 15.6 Å². The number of anilines is 1. The molecule has 0 saturated heterocycles. The summed E-state index contributed by atoms with van der Waals surface area (Å²) in [5.74, 6) is -1.54. The Hall–Kier alpha value is -2.73. The molecule has 0 aliphatic rings. The van der Waals surface area contributed by atoms with Gasteiger partial charge in [-0.3, -0.25) is 4.79 Å². The summed E-state index contributed by atoms with van der Waals surface area (Å²) in [6.45, 7) is 0.697. The number of amides is 1. The van der Waals surface area contributed by atoms with Crippen molar-refractivity contribution in [2.24, 2.45) is 0 Å². The molecule has 0 aliphatic heterocycles. The van der Waals surface area contributed by atoms with Gasteiger partial charge in [0.2, 0.25) is 0 Å². The smallest absolute Gasteiger partial charge is 0.354 e. The molecule has 3 N–H and O–H groups in total. The number of carboxylic acids is 1. The van der Waals surface area contributed by atoms with Crippen LogP contribution in [0.2, 0.25) is 0 Å². The fourth-order valence-electron chi connectivity index (χ4n) is 1.86. The molecule has 0 atom stereocenters. The highest BCUT2D eigenvalue weighted by molar-refractivity contribution is 6.05. The lowest BCUT2D eigenvalue weighted by atomic mass is 10.1. The number of benzene rings is 1. The number of hydrogen-bond donors (Lipinski definition) is 3. The lowest BCUT2D eigenvalue weighted by molar-refractivity contribution is 0.0690. The first-order valence-electron chi connectivity index (χ1n) is 6.34. The highest BCUT2D eigenvalue weighted by atomic mass is 16.4. The molecule has 21 heavy (non-hydrogen) atoms. The molecule has 0 bridgehead atoms. The van der Waals surface area contributed by atoms with Gasteiger partial charge < -0.3 is 15.7 Å². The molecule has 6 heteroatoms. The van der Waals surface area contributed by atoms with Crippen molar-refractivity contribution in [3.05, 3.63) is 59.4 Å². The average Bonchev–Trinajstić information content (AvgIpc) is 2.48. The summed E-state index contributed by atoms with van der Waals surface area (Å²) in [4.78, 5) is 26.6. The van der Waals surface area contributed by atoms with Crippen LogP contribution < -0.4 is 10.6 Å². The van der Waals surface area contributed by atoms with E-state index in [1.165, 1.54) is 18.3 Å². The highest BCUT2D eigenvalue weighted by Gasteiger charge is 2.11. The monoisotopic (exact) mass is 285 g/mol. The molecule has 0 aliphatic carbocycles. The molecular weight excluding hydrogens is 270 g/mol. The summed E-state index contributed by atoms with van der Waals surface area (Å²) in [6, 6.07) is 10.1. The maximum atomic E-state index is 12.1. The molecular formula is C15H15N3O3. The van der Waals surface area contributed by atoms with E-state index in [9.17, 15) is 9.59 Å². The molecule has 6 nitrogen and oxygen atoms in total. The van der Waals surface area contributed by atoms with E-state index >= 15 is 0 Å². The molecule has 0 saturated carbocycles. The maximum absolute atomic E-state index is 12.1. The van der Waals surface area contributed by atoms with E-state index in [0.29, 0.717) is 12.2 Å². The Morgan fingerprint density at radius 2 is 2.05 bits per heavy atom. The maximum Gasteiger partial charge on any atom is 0.354 e. The highest BCUT2D eigenvalue weighted by Crippen LogP contribution is 2.12. The predicted octanol–water partition coefficient (Wildman–Crippen LogP) is 1.75. The first-order valence-corrected chi connectivity index (χ1v) is 6.34. The molecule has 0 unspecified atom stereocenters. The lowest BCUT2D eigenvalue weighted by Gasteiger charge is -2.07. The summed E-state index contributed by atoms with van der Waals surface area (Å²) in [5, 5.41) is 14.6. The number of carbonyl (C=O) groups is 2. The van der Waals surface area contributed by atoms with Crippen molar-refractivity contribution >= 4 is 17.6 Å². The van der Waals surface area contributed by atoms with Crippen molar-refractivity contribution in [2.75, 3.05) is 12.4 Å². The number of carbonyl (C=O) groups excluding carboxylic acids is 1. The summed E-state index contributed by atoms with van der Waals surface area (Å²) in [5.41, 5.74) is 1.78. The van der Waals surface area contributed by atoms with Crippen LogP contribution in [0.5, 0.6) is 0 Å². The topological polar surface area (TPSA) is 91.3 Å². The van der Waals surface area contributed by atoms with Gasteiger partial charge in [0.25, 0.3) is 5.91 Å². The van der Waals surface area contributed by atoms with Gasteiger partial charge in [-0.1, -0.05) is 12.1 Å². The second-order valence-electron chi connectivity index (χ2n) is 4.42. The van der Waals surface area contributed by atoms with Crippen molar-refractivity contribution in [2.45, 2.75) is 6.54 Å². The number of aromatic nitrogens is 1. The Bertz CT molecular complexity index is 671. The van der Waals surface area contributed by atoms with Gasteiger partial charge in [-0.2, -0.15) is 0 Å². The van der Waals surface area contributed by atoms with Crippen LogP contribution in [-0.4, -0.2) is 29.0 Å². The third-order valence-electron chi connectivity index (χ3n) is 2.81. The van der Waals surface area contributed by atoms with Crippen molar-refractivity contribution in [3.8, 4) is 0 Å². The zero-order valence-electron chi connectivity index (χ0n) is 11.5. The zero-order valence-corrected chi connectivity index (χ0v) is 11.5. The van der Waals surface area contributed by atoms with Gasteiger partial charge in [-0.05, 0) is 36.9 Å². The number of aromatic carboxylic acids is 1. The second-order valence-corrected chi connectivity index (χ2v) is 4.42. The van der Waals surface area contributed by atoms with Crippen LogP contribution in [0.3, 0.4) is 0 Å². The Labute approximate surface area is 121 Å². The van der Waals surface area contributed by atoms with Gasteiger partial charge in [0, 0.05) is 24.0 Å². The van der Waals surface area contributed by atoms with Crippen LogP contribution in [0.25, 0.3) is 0 Å². The summed E-state index contributed by atoms with van der Waals surface area (Å²) in [7, 11) is 1.84. The fourth-order valence-corrected chi connectivity index (χ4v) is 1.86. The van der Waals surface area contributed by atoms with Crippen LogP contribution in [0, 0.1) is 0 Å². The van der Waals surface area contributed by atoms with E-state index in [1.54, 1.807) is 6.07 Å². The van der Waals surface area contributed by atoms with Gasteiger partial charge in [0.05, 0.1) is 0 Å². The van der Waals surface area contributed by atoms with Crippen molar-refractivity contribution in [1.82, 2.24) is 10.3 Å². The minimum Gasteiger partial charge on any atom is -0.477 e. The van der Waals surface area contributed by atoms with Crippen molar-refractivity contribution in [3.63, 3.8) is 0 Å².